The first-order valence-electron chi connectivity index (χ1n) is 8.51. The van der Waals surface area contributed by atoms with E-state index in [4.69, 9.17) is 21.1 Å². The summed E-state index contributed by atoms with van der Waals surface area (Å²) in [5, 5.41) is 3.41. The van der Waals surface area contributed by atoms with Gasteiger partial charge < -0.3 is 14.8 Å². The SMILES string of the molecule is COc1ccccc1CCNC(=O)COC(=O)CCSc1ccc(Cl)cc1. The zero-order chi connectivity index (χ0) is 19.5. The van der Waals surface area contributed by atoms with Gasteiger partial charge >= 0.3 is 5.97 Å². The molecule has 144 valence electrons. The van der Waals surface area contributed by atoms with Gasteiger partial charge in [-0.2, -0.15) is 0 Å². The number of halogens is 1. The molecule has 7 heteroatoms. The van der Waals surface area contributed by atoms with Gasteiger partial charge in [0.05, 0.1) is 13.5 Å². The normalized spacial score (nSPS) is 10.3. The summed E-state index contributed by atoms with van der Waals surface area (Å²) in [4.78, 5) is 24.5. The second-order valence-electron chi connectivity index (χ2n) is 5.62. The van der Waals surface area contributed by atoms with E-state index in [1.807, 2.05) is 36.4 Å². The van der Waals surface area contributed by atoms with Gasteiger partial charge in [-0.15, -0.1) is 11.8 Å². The van der Waals surface area contributed by atoms with Gasteiger partial charge in [-0.25, -0.2) is 0 Å². The number of carbonyl (C=O) groups is 2. The van der Waals surface area contributed by atoms with E-state index >= 15 is 0 Å². The highest BCUT2D eigenvalue weighted by atomic mass is 35.5. The molecule has 1 N–H and O–H groups in total. The molecule has 0 bridgehead atoms. The number of benzene rings is 2. The van der Waals surface area contributed by atoms with Crippen molar-refractivity contribution >= 4 is 35.2 Å². The van der Waals surface area contributed by atoms with Gasteiger partial charge in [0, 0.05) is 22.2 Å². The lowest BCUT2D eigenvalue weighted by molar-refractivity contribution is -0.148. The summed E-state index contributed by atoms with van der Waals surface area (Å²) in [6.07, 6.45) is 0.878. The number of para-hydroxylation sites is 1. The molecule has 0 fully saturated rings. The zero-order valence-corrected chi connectivity index (χ0v) is 16.6. The standard InChI is InChI=1S/C20H22ClNO4S/c1-25-18-5-3-2-4-15(18)10-12-22-19(23)14-26-20(24)11-13-27-17-8-6-16(21)7-9-17/h2-9H,10-14H2,1H3,(H,22,23). The Labute approximate surface area is 168 Å². The number of ether oxygens (including phenoxy) is 2. The fourth-order valence-corrected chi connectivity index (χ4v) is 3.26. The molecule has 27 heavy (non-hydrogen) atoms. The number of rotatable bonds is 10. The average molecular weight is 408 g/mol. The molecule has 0 radical (unpaired) electrons. The highest BCUT2D eigenvalue weighted by Crippen LogP contribution is 2.21. The lowest BCUT2D eigenvalue weighted by atomic mass is 10.1. The molecular weight excluding hydrogens is 386 g/mol. The second-order valence-corrected chi connectivity index (χ2v) is 7.23. The lowest BCUT2D eigenvalue weighted by Crippen LogP contribution is -2.30. The third-order valence-electron chi connectivity index (χ3n) is 3.66. The minimum Gasteiger partial charge on any atom is -0.496 e. The quantitative estimate of drug-likeness (QED) is 0.480. The third kappa shape index (κ3) is 7.93. The maximum absolute atomic E-state index is 11.8. The van der Waals surface area contributed by atoms with Crippen LogP contribution in [-0.4, -0.2) is 37.9 Å². The van der Waals surface area contributed by atoms with Crippen LogP contribution in [0.4, 0.5) is 0 Å². The Bertz CT molecular complexity index is 752. The van der Waals surface area contributed by atoms with Gasteiger partial charge in [-0.1, -0.05) is 29.8 Å². The molecule has 2 aromatic carbocycles. The fourth-order valence-electron chi connectivity index (χ4n) is 2.30. The van der Waals surface area contributed by atoms with Crippen molar-refractivity contribution in [2.75, 3.05) is 26.0 Å². The van der Waals surface area contributed by atoms with E-state index in [0.717, 1.165) is 16.2 Å². The molecule has 0 aliphatic heterocycles. The molecule has 0 heterocycles. The molecule has 0 saturated carbocycles. The van der Waals surface area contributed by atoms with Crippen molar-refractivity contribution in [2.24, 2.45) is 0 Å². The fraction of sp³-hybridized carbons (Fsp3) is 0.300. The Kier molecular flexibility index (Phi) is 9.01. The summed E-state index contributed by atoms with van der Waals surface area (Å²) >= 11 is 7.36. The van der Waals surface area contributed by atoms with E-state index in [-0.39, 0.29) is 18.9 Å². The van der Waals surface area contributed by atoms with Gasteiger partial charge in [0.2, 0.25) is 0 Å². The first-order valence-corrected chi connectivity index (χ1v) is 9.87. The van der Waals surface area contributed by atoms with Gasteiger partial charge in [0.15, 0.2) is 6.61 Å². The molecule has 1 amide bonds. The van der Waals surface area contributed by atoms with E-state index < -0.39 is 5.97 Å². The molecule has 0 saturated heterocycles. The van der Waals surface area contributed by atoms with E-state index in [2.05, 4.69) is 5.32 Å². The molecule has 0 aliphatic rings. The van der Waals surface area contributed by atoms with Crippen molar-refractivity contribution in [1.82, 2.24) is 5.32 Å². The average Bonchev–Trinajstić information content (AvgIpc) is 2.68. The summed E-state index contributed by atoms with van der Waals surface area (Å²) in [6.45, 7) is 0.180. The van der Waals surface area contributed by atoms with E-state index in [1.165, 1.54) is 11.8 Å². The van der Waals surface area contributed by atoms with Crippen molar-refractivity contribution < 1.29 is 19.1 Å². The van der Waals surface area contributed by atoms with Gasteiger partial charge in [0.25, 0.3) is 5.91 Å². The van der Waals surface area contributed by atoms with Crippen LogP contribution in [0.15, 0.2) is 53.4 Å². The predicted octanol–water partition coefficient (Wildman–Crippen LogP) is 3.73. The van der Waals surface area contributed by atoms with E-state index in [0.29, 0.717) is 23.7 Å². The van der Waals surface area contributed by atoms with Gasteiger partial charge in [0.1, 0.15) is 5.75 Å². The number of esters is 1. The van der Waals surface area contributed by atoms with Crippen LogP contribution in [0, 0.1) is 0 Å². The Morgan fingerprint density at radius 2 is 1.85 bits per heavy atom. The summed E-state index contributed by atoms with van der Waals surface area (Å²) in [5.74, 6) is 0.659. The third-order valence-corrected chi connectivity index (χ3v) is 4.93. The number of nitrogens with one attached hydrogen (secondary N) is 1. The first-order chi connectivity index (χ1) is 13.1. The Balaban J connectivity index is 1.59. The van der Waals surface area contributed by atoms with Crippen molar-refractivity contribution in [2.45, 2.75) is 17.7 Å². The van der Waals surface area contributed by atoms with Crippen LogP contribution in [0.1, 0.15) is 12.0 Å². The number of carbonyl (C=O) groups excluding carboxylic acids is 2. The van der Waals surface area contributed by atoms with Gasteiger partial charge in [-0.05, 0) is 42.3 Å². The zero-order valence-electron chi connectivity index (χ0n) is 15.1. The van der Waals surface area contributed by atoms with Crippen LogP contribution in [0.2, 0.25) is 5.02 Å². The number of hydrogen-bond acceptors (Lipinski definition) is 5. The first kappa shape index (κ1) is 21.1. The minimum atomic E-state index is -0.392. The van der Waals surface area contributed by atoms with Crippen LogP contribution in [0.25, 0.3) is 0 Å². The molecule has 0 atom stereocenters. The van der Waals surface area contributed by atoms with E-state index in [1.54, 1.807) is 19.2 Å². The van der Waals surface area contributed by atoms with Crippen molar-refractivity contribution in [3.8, 4) is 5.75 Å². The highest BCUT2D eigenvalue weighted by Gasteiger charge is 2.08. The number of amides is 1. The Morgan fingerprint density at radius 1 is 1.11 bits per heavy atom. The molecule has 0 aliphatic carbocycles. The van der Waals surface area contributed by atoms with Crippen molar-refractivity contribution in [3.05, 3.63) is 59.1 Å². The summed E-state index contributed by atoms with van der Waals surface area (Å²) in [7, 11) is 1.61. The Morgan fingerprint density at radius 3 is 2.59 bits per heavy atom. The summed E-state index contributed by atoms with van der Waals surface area (Å²) in [5.41, 5.74) is 1.01. The molecule has 0 unspecified atom stereocenters. The number of hydrogen-bond donors (Lipinski definition) is 1. The molecular formula is C20H22ClNO4S. The predicted molar refractivity (Wildman–Crippen MR) is 107 cm³/mol. The largest absolute Gasteiger partial charge is 0.496 e. The molecule has 0 spiro atoms. The Hall–Kier alpha value is -2.18. The summed E-state index contributed by atoms with van der Waals surface area (Å²) < 4.78 is 10.3. The van der Waals surface area contributed by atoms with Crippen molar-refractivity contribution in [1.29, 1.82) is 0 Å². The topological polar surface area (TPSA) is 64.6 Å². The molecule has 0 aromatic heterocycles. The summed E-state index contributed by atoms with van der Waals surface area (Å²) in [6, 6.07) is 15.0. The van der Waals surface area contributed by atoms with Crippen LogP contribution in [0.5, 0.6) is 5.75 Å². The lowest BCUT2D eigenvalue weighted by Gasteiger charge is -2.09. The van der Waals surface area contributed by atoms with Crippen molar-refractivity contribution in [3.63, 3.8) is 0 Å². The number of methoxy groups -OCH3 is 1. The molecule has 2 aromatic rings. The maximum Gasteiger partial charge on any atom is 0.307 e. The maximum atomic E-state index is 11.8. The van der Waals surface area contributed by atoms with Crippen LogP contribution in [-0.2, 0) is 20.7 Å². The van der Waals surface area contributed by atoms with Gasteiger partial charge in [-0.3, -0.25) is 9.59 Å². The highest BCUT2D eigenvalue weighted by molar-refractivity contribution is 7.99. The second kappa shape index (κ2) is 11.5. The minimum absolute atomic E-state index is 0.238. The van der Waals surface area contributed by atoms with Crippen LogP contribution in [0.3, 0.4) is 0 Å². The molecule has 2 rings (SSSR count). The smallest absolute Gasteiger partial charge is 0.307 e. The number of thioether (sulfide) groups is 1. The monoisotopic (exact) mass is 407 g/mol. The van der Waals surface area contributed by atoms with Crippen LogP contribution >= 0.6 is 23.4 Å². The molecule has 5 nitrogen and oxygen atoms in total. The van der Waals surface area contributed by atoms with E-state index in [9.17, 15) is 9.59 Å². The van der Waals surface area contributed by atoms with Crippen LogP contribution < -0.4 is 10.1 Å².